The molecule has 26 nitrogen and oxygen atoms in total. The van der Waals surface area contributed by atoms with Crippen LogP contribution in [0.25, 0.3) is 0 Å². The van der Waals surface area contributed by atoms with Crippen LogP contribution in [0.4, 0.5) is 35.1 Å². The van der Waals surface area contributed by atoms with E-state index in [1.165, 1.54) is 71.7 Å². The lowest BCUT2D eigenvalue weighted by molar-refractivity contribution is -0.219. The van der Waals surface area contributed by atoms with Gasteiger partial charge in [-0.1, -0.05) is 59.8 Å². The van der Waals surface area contributed by atoms with Crippen molar-refractivity contribution in [2.75, 3.05) is 101 Å². The van der Waals surface area contributed by atoms with Crippen molar-refractivity contribution in [2.45, 2.75) is 286 Å². The number of hydrogen-bond donors (Lipinski definition) is 3. The van der Waals surface area contributed by atoms with E-state index in [9.17, 15) is 40.7 Å². The maximum absolute atomic E-state index is 15.8. The molecule has 644 valence electrons. The zero-order chi connectivity index (χ0) is 83.6. The molecule has 34 heteroatoms. The molecule has 0 aromatic rings. The molecule has 12 amide bonds. The van der Waals surface area contributed by atoms with Crippen LogP contribution in [-0.2, 0) is 67.0 Å². The second kappa shape index (κ2) is 39.5. The van der Waals surface area contributed by atoms with Gasteiger partial charge in [0.25, 0.3) is 0 Å². The molecule has 5 saturated carbocycles. The van der Waals surface area contributed by atoms with E-state index in [0.29, 0.717) is 44.9 Å². The predicted molar refractivity (Wildman–Crippen MR) is 402 cm³/mol. The van der Waals surface area contributed by atoms with E-state index in [-0.39, 0.29) is 135 Å². The fourth-order valence-electron chi connectivity index (χ4n) is 19.0. The van der Waals surface area contributed by atoms with Crippen molar-refractivity contribution < 1.29 is 102 Å². The van der Waals surface area contributed by atoms with Crippen LogP contribution in [0.1, 0.15) is 201 Å². The highest BCUT2D eigenvalue weighted by atomic mass is 19.4. The van der Waals surface area contributed by atoms with Crippen molar-refractivity contribution >= 4 is 70.9 Å². The van der Waals surface area contributed by atoms with Crippen LogP contribution >= 0.6 is 0 Å². The number of morpholine rings is 1. The summed E-state index contributed by atoms with van der Waals surface area (Å²) in [6, 6.07) is -11.3. The molecule has 9 rings (SSSR count). The summed E-state index contributed by atoms with van der Waals surface area (Å²) in [5.41, 5.74) is -1.70. The molecule has 9 aliphatic rings. The Morgan fingerprint density at radius 2 is 1.19 bits per heavy atom. The molecule has 0 aromatic carbocycles. The van der Waals surface area contributed by atoms with Gasteiger partial charge in [0, 0.05) is 81.5 Å². The normalized spacial score (nSPS) is 32.4. The van der Waals surface area contributed by atoms with Crippen molar-refractivity contribution in [3.8, 4) is 0 Å². The molecule has 0 radical (unpaired) electrons. The van der Waals surface area contributed by atoms with Crippen molar-refractivity contribution in [1.82, 2.24) is 60.0 Å². The zero-order valence-electron chi connectivity index (χ0n) is 68.2. The first-order valence-electron chi connectivity index (χ1n) is 41.7. The summed E-state index contributed by atoms with van der Waals surface area (Å²) in [6.45, 7) is 6.09. The Morgan fingerprint density at radius 3 is 1.78 bits per heavy atom. The summed E-state index contributed by atoms with van der Waals surface area (Å²) in [5.74, 6) is -16.6. The minimum atomic E-state index is -5.22. The molecule has 4 saturated heterocycles. The zero-order valence-corrected chi connectivity index (χ0v) is 68.2. The van der Waals surface area contributed by atoms with Gasteiger partial charge in [0.1, 0.15) is 72.1 Å². The van der Waals surface area contributed by atoms with Gasteiger partial charge < -0.3 is 69.5 Å². The molecule has 4 aliphatic heterocycles. The average molecular weight is 1630 g/mol. The van der Waals surface area contributed by atoms with Crippen molar-refractivity contribution in [3.05, 3.63) is 0 Å². The SMILES string of the molecule is CC[C@H](C)[C@@H]1NC(=O)[C@H](CC(C)C)N(C)C(=O)C[C@@H](C(=O)N2CCOCC2)N(C)C(=O)[C@H](C2CCCC2)N(C)C(=O)C2(CCC2)NC(=O)[C@@H]2C[C@@H](OCC3CCCC3)CN2C(=O)[C@H](CCC2CC(F)C(C(F)(F)F)C(F)C2)NC(=O)CN(C)C(=O)[C@H](CC2CCC(C(F)(F)F)CC2)N2CCCC[C@@H](C2=O)N(C)C(=O)CN(C)C1=O. The van der Waals surface area contributed by atoms with Crippen LogP contribution in [0.5, 0.6) is 0 Å². The Kier molecular flexibility index (Phi) is 31.5. The number of carbonyl (C=O) groups excluding carboxylic acids is 12. The maximum Gasteiger partial charge on any atom is 0.397 e. The quantitative estimate of drug-likeness (QED) is 0.146. The topological polar surface area (TPSA) is 289 Å². The largest absolute Gasteiger partial charge is 0.397 e. The highest BCUT2D eigenvalue weighted by Crippen LogP contribution is 2.46. The molecule has 4 heterocycles. The smallest absolute Gasteiger partial charge is 0.378 e. The van der Waals surface area contributed by atoms with Gasteiger partial charge in [0.05, 0.1) is 44.7 Å². The van der Waals surface area contributed by atoms with E-state index in [2.05, 4.69) is 16.0 Å². The minimum Gasteiger partial charge on any atom is -0.378 e. The van der Waals surface area contributed by atoms with Gasteiger partial charge >= 0.3 is 12.4 Å². The first-order chi connectivity index (χ1) is 53.7. The third-order valence-electron chi connectivity index (χ3n) is 26.5. The highest BCUT2D eigenvalue weighted by Gasteiger charge is 2.57. The van der Waals surface area contributed by atoms with E-state index in [4.69, 9.17) is 9.47 Å². The number of amides is 12. The van der Waals surface area contributed by atoms with Crippen LogP contribution in [0.3, 0.4) is 0 Å². The first kappa shape index (κ1) is 90.9. The molecule has 2 bridgehead atoms. The highest BCUT2D eigenvalue weighted by molar-refractivity contribution is 6.01. The lowest BCUT2D eigenvalue weighted by atomic mass is 9.74. The van der Waals surface area contributed by atoms with Gasteiger partial charge in [-0.15, -0.1) is 0 Å². The molecule has 114 heavy (non-hydrogen) atoms. The van der Waals surface area contributed by atoms with E-state index in [1.54, 1.807) is 13.8 Å². The van der Waals surface area contributed by atoms with Gasteiger partial charge in [-0.25, -0.2) is 8.78 Å². The third-order valence-corrected chi connectivity index (χ3v) is 26.5. The summed E-state index contributed by atoms with van der Waals surface area (Å²) in [4.78, 5) is 194. The fourth-order valence-corrected chi connectivity index (χ4v) is 19.0. The Balaban J connectivity index is 1.11. The number of nitrogens with zero attached hydrogens (tertiary/aromatic N) is 9. The van der Waals surface area contributed by atoms with Crippen LogP contribution < -0.4 is 16.0 Å². The number of fused-ring (bicyclic) bond motifs is 3. The number of carbonyl (C=O) groups is 12. The average Bonchev–Trinajstić information content (AvgIpc) is 1.03. The van der Waals surface area contributed by atoms with E-state index in [1.807, 2.05) is 13.8 Å². The molecule has 5 aliphatic carbocycles. The van der Waals surface area contributed by atoms with E-state index >= 15 is 51.9 Å². The number of alkyl halides is 8. The maximum atomic E-state index is 15.8. The van der Waals surface area contributed by atoms with Gasteiger partial charge in [-0.05, 0) is 164 Å². The van der Waals surface area contributed by atoms with Gasteiger partial charge in [0.2, 0.25) is 70.9 Å². The molecular weight excluding hydrogens is 1500 g/mol. The Hall–Kier alpha value is -7.00. The van der Waals surface area contributed by atoms with Crippen LogP contribution in [-0.4, -0.2) is 301 Å². The molecule has 0 aromatic heterocycles. The number of ether oxygens (including phenoxy) is 2. The number of nitrogens with one attached hydrogen (secondary N) is 3. The van der Waals surface area contributed by atoms with Crippen LogP contribution in [0.2, 0.25) is 0 Å². The predicted octanol–water partition coefficient (Wildman–Crippen LogP) is 7.13. The Labute approximate surface area is 664 Å². The third kappa shape index (κ3) is 22.0. The Bertz CT molecular complexity index is 3370. The van der Waals surface area contributed by atoms with Gasteiger partial charge in [0.15, 0.2) is 0 Å². The van der Waals surface area contributed by atoms with E-state index < -0.39 is 230 Å². The summed E-state index contributed by atoms with van der Waals surface area (Å²) in [5, 5.41) is 8.56. The van der Waals surface area contributed by atoms with Gasteiger partial charge in [-0.2, -0.15) is 26.3 Å². The summed E-state index contributed by atoms with van der Waals surface area (Å²) in [7, 11) is 8.15. The fraction of sp³-hybridized carbons (Fsp3) is 0.850. The lowest BCUT2D eigenvalue weighted by Gasteiger charge is -2.47. The van der Waals surface area contributed by atoms with Crippen molar-refractivity contribution in [1.29, 1.82) is 0 Å². The van der Waals surface area contributed by atoms with E-state index in [0.717, 1.165) is 40.4 Å². The molecule has 3 N–H and O–H groups in total. The molecule has 1 spiro atoms. The summed E-state index contributed by atoms with van der Waals surface area (Å²) >= 11 is 0. The van der Waals surface area contributed by atoms with Gasteiger partial charge in [-0.3, -0.25) is 57.5 Å². The standard InChI is InChI=1S/C80H124F8N12O14/c1-11-48(4)67-75(110)93(6)45-65(103)94(7)58-23-16-17-32-99(74(58)109)62(40-49-24-27-53(28-25-49)79(83,84)85)72(107)92(5)44-63(101)89-57(29-26-51-38-55(81)66(56(82)39-51)80(86,87)88)71(106)100-43-54(114-46-50-19-12-13-20-50)41-60(100)70(105)91-78(30-18-31-78)77(112)97(10)68(52-21-14-15-22-52)76(111)96(9)61(73(108)98-33-35-113-36-34-98)42-64(102)95(8)59(37-47(2)3)69(104)90-67/h47-62,66-68H,11-46H2,1-10H3,(H,89,101)(H,90,104)(H,91,105)/t48-,49?,51?,53?,54+,55?,56?,57-,58-,59-,60-,61-,62-,66?,67-,68-/m0/s1. The molecule has 12 atom stereocenters. The Morgan fingerprint density at radius 1 is 0.579 bits per heavy atom. The minimum absolute atomic E-state index is 0.00991. The lowest BCUT2D eigenvalue weighted by Crippen LogP contribution is -2.68. The van der Waals surface area contributed by atoms with Crippen molar-refractivity contribution in [3.63, 3.8) is 0 Å². The second-order valence-corrected chi connectivity index (χ2v) is 34.9. The van der Waals surface area contributed by atoms with Crippen molar-refractivity contribution in [2.24, 2.45) is 47.3 Å². The molecule has 2 unspecified atom stereocenters. The number of rotatable bonds is 14. The number of halogens is 8. The van der Waals surface area contributed by atoms with Crippen LogP contribution in [0, 0.1) is 47.3 Å². The number of likely N-dealkylation sites (N-methyl/N-ethyl adjacent to an activating group) is 6. The molecule has 9 fully saturated rings. The first-order valence-corrected chi connectivity index (χ1v) is 41.7. The molecular formula is C80H124F8N12O14. The van der Waals surface area contributed by atoms with Crippen LogP contribution in [0.15, 0.2) is 0 Å². The summed E-state index contributed by atoms with van der Waals surface area (Å²) < 4.78 is 128. The second-order valence-electron chi connectivity index (χ2n) is 34.9. The number of hydrogen-bond acceptors (Lipinski definition) is 14. The monoisotopic (exact) mass is 1630 g/mol. The summed E-state index contributed by atoms with van der Waals surface area (Å²) in [6.07, 6.45) is -12.1.